The number of aliphatic hydroxyl groups is 1. The summed E-state index contributed by atoms with van der Waals surface area (Å²) in [6.07, 6.45) is 5.28. The highest BCUT2D eigenvalue weighted by Crippen LogP contribution is 2.17. The molecule has 5 nitrogen and oxygen atoms in total. The van der Waals surface area contributed by atoms with E-state index in [0.717, 1.165) is 19.3 Å². The molecule has 3 N–H and O–H groups in total. The zero-order valence-corrected chi connectivity index (χ0v) is 12.0. The Balaban J connectivity index is 0.000000459. The number of hydrogen-bond acceptors (Lipinski definition) is 3. The molecule has 0 saturated carbocycles. The van der Waals surface area contributed by atoms with Gasteiger partial charge >= 0.3 is 5.97 Å². The summed E-state index contributed by atoms with van der Waals surface area (Å²) in [7, 11) is 0. The highest BCUT2D eigenvalue weighted by molar-refractivity contribution is 5.86. The van der Waals surface area contributed by atoms with E-state index in [9.17, 15) is 9.59 Å². The van der Waals surface area contributed by atoms with Gasteiger partial charge in [0.2, 0.25) is 5.91 Å². The van der Waals surface area contributed by atoms with Crippen molar-refractivity contribution >= 4 is 11.9 Å². The molecule has 1 unspecified atom stereocenters. The first kappa shape index (κ1) is 17.6. The number of carbonyl (C=O) groups is 2. The van der Waals surface area contributed by atoms with Gasteiger partial charge in [-0.3, -0.25) is 4.79 Å². The molecule has 0 spiro atoms. The zero-order chi connectivity index (χ0) is 14.8. The van der Waals surface area contributed by atoms with Crippen molar-refractivity contribution in [3.8, 4) is 0 Å². The lowest BCUT2D eigenvalue weighted by Crippen LogP contribution is -2.34. The number of carboxylic acids is 1. The molecule has 1 atom stereocenters. The Bertz CT molecular complexity index is 321. The minimum Gasteiger partial charge on any atom is -0.478 e. The van der Waals surface area contributed by atoms with Gasteiger partial charge in [0, 0.05) is 18.5 Å². The predicted molar refractivity (Wildman–Crippen MR) is 73.8 cm³/mol. The topological polar surface area (TPSA) is 86.6 Å². The van der Waals surface area contributed by atoms with E-state index in [-0.39, 0.29) is 18.1 Å². The Morgan fingerprint density at radius 3 is 2.26 bits per heavy atom. The lowest BCUT2D eigenvalue weighted by molar-refractivity contribution is -0.132. The van der Waals surface area contributed by atoms with E-state index in [2.05, 4.69) is 5.32 Å². The van der Waals surface area contributed by atoms with Gasteiger partial charge in [-0.15, -0.1) is 0 Å². The van der Waals surface area contributed by atoms with E-state index in [4.69, 9.17) is 10.2 Å². The second-order valence-electron chi connectivity index (χ2n) is 4.68. The second kappa shape index (κ2) is 9.55. The normalized spacial score (nSPS) is 18.2. The molecular formula is C14H25NO4. The zero-order valence-electron chi connectivity index (χ0n) is 12.0. The molecule has 0 aromatic rings. The lowest BCUT2D eigenvalue weighted by Gasteiger charge is -2.20. The lowest BCUT2D eigenvalue weighted by atomic mass is 9.95. The number of aliphatic hydroxyl groups excluding tert-OH is 1. The van der Waals surface area contributed by atoms with Gasteiger partial charge in [-0.2, -0.15) is 0 Å². The fraction of sp³-hybridized carbons (Fsp3) is 0.714. The summed E-state index contributed by atoms with van der Waals surface area (Å²) in [5.74, 6) is -0.904. The molecule has 1 amide bonds. The van der Waals surface area contributed by atoms with E-state index >= 15 is 0 Å². The molecule has 0 saturated heterocycles. The Hall–Kier alpha value is -1.36. The summed E-state index contributed by atoms with van der Waals surface area (Å²) in [6.45, 7) is 5.43. The van der Waals surface area contributed by atoms with E-state index in [0.29, 0.717) is 18.4 Å². The Morgan fingerprint density at radius 2 is 2.00 bits per heavy atom. The van der Waals surface area contributed by atoms with Crippen LogP contribution in [0.1, 0.15) is 52.9 Å². The molecule has 5 heteroatoms. The van der Waals surface area contributed by atoms with Crippen molar-refractivity contribution in [1.82, 2.24) is 5.32 Å². The SMILES string of the molecule is CC(=O)NC1CC=C(C(=O)O)CC1.CCC(O)CC. The molecule has 0 heterocycles. The van der Waals surface area contributed by atoms with Gasteiger partial charge in [0.05, 0.1) is 6.10 Å². The second-order valence-corrected chi connectivity index (χ2v) is 4.68. The van der Waals surface area contributed by atoms with Crippen molar-refractivity contribution in [3.05, 3.63) is 11.6 Å². The van der Waals surface area contributed by atoms with Crippen LogP contribution in [0.25, 0.3) is 0 Å². The van der Waals surface area contributed by atoms with Crippen LogP contribution in [0.3, 0.4) is 0 Å². The maximum Gasteiger partial charge on any atom is 0.331 e. The quantitative estimate of drug-likeness (QED) is 0.728. The van der Waals surface area contributed by atoms with E-state index in [1.807, 2.05) is 13.8 Å². The molecule has 19 heavy (non-hydrogen) atoms. The molecule has 0 radical (unpaired) electrons. The van der Waals surface area contributed by atoms with Crippen LogP contribution in [0, 0.1) is 0 Å². The third-order valence-electron chi connectivity index (χ3n) is 3.04. The van der Waals surface area contributed by atoms with Crippen molar-refractivity contribution in [2.24, 2.45) is 0 Å². The standard InChI is InChI=1S/C9H13NO3.C5H12O/c1-6(11)10-8-4-2-7(3-5-8)9(12)13;1-3-5(6)4-2/h2,8H,3-5H2,1H3,(H,10,11)(H,12,13);5-6H,3-4H2,1-2H3. The molecule has 0 bridgehead atoms. The summed E-state index contributed by atoms with van der Waals surface area (Å²) < 4.78 is 0. The minimum absolute atomic E-state index is 0.0582. The van der Waals surface area contributed by atoms with Gasteiger partial charge in [-0.1, -0.05) is 19.9 Å². The molecule has 0 fully saturated rings. The fourth-order valence-electron chi connectivity index (χ4n) is 1.74. The third-order valence-corrected chi connectivity index (χ3v) is 3.04. The smallest absolute Gasteiger partial charge is 0.331 e. The molecule has 1 aliphatic carbocycles. The van der Waals surface area contributed by atoms with Crippen LogP contribution < -0.4 is 5.32 Å². The van der Waals surface area contributed by atoms with Crippen LogP contribution in [0.15, 0.2) is 11.6 Å². The number of carboxylic acid groups (broad SMARTS) is 1. The first-order chi connectivity index (χ1) is 8.90. The molecule has 0 aromatic carbocycles. The van der Waals surface area contributed by atoms with Gasteiger partial charge in [0.25, 0.3) is 0 Å². The number of nitrogens with one attached hydrogen (secondary N) is 1. The largest absolute Gasteiger partial charge is 0.478 e. The Kier molecular flexibility index (Phi) is 8.87. The monoisotopic (exact) mass is 271 g/mol. The summed E-state index contributed by atoms with van der Waals surface area (Å²) >= 11 is 0. The van der Waals surface area contributed by atoms with Gasteiger partial charge in [-0.05, 0) is 32.1 Å². The van der Waals surface area contributed by atoms with Gasteiger partial charge in [0.15, 0.2) is 0 Å². The van der Waals surface area contributed by atoms with E-state index < -0.39 is 5.97 Å². The van der Waals surface area contributed by atoms with Crippen molar-refractivity contribution in [3.63, 3.8) is 0 Å². The number of carbonyl (C=O) groups excluding carboxylic acids is 1. The molecule has 1 aliphatic rings. The van der Waals surface area contributed by atoms with E-state index in [1.54, 1.807) is 6.08 Å². The van der Waals surface area contributed by atoms with Crippen LogP contribution >= 0.6 is 0 Å². The highest BCUT2D eigenvalue weighted by Gasteiger charge is 2.18. The summed E-state index contributed by atoms with van der Waals surface area (Å²) in [6, 6.07) is 0.112. The molecular weight excluding hydrogens is 246 g/mol. The molecule has 0 aliphatic heterocycles. The van der Waals surface area contributed by atoms with Gasteiger partial charge in [-0.25, -0.2) is 4.79 Å². The summed E-state index contributed by atoms with van der Waals surface area (Å²) in [4.78, 5) is 21.2. The van der Waals surface area contributed by atoms with Crippen molar-refractivity contribution < 1.29 is 19.8 Å². The predicted octanol–water partition coefficient (Wildman–Crippen LogP) is 1.85. The van der Waals surface area contributed by atoms with Gasteiger partial charge < -0.3 is 15.5 Å². The molecule has 110 valence electrons. The number of aliphatic carboxylic acids is 1. The molecule has 1 rings (SSSR count). The van der Waals surface area contributed by atoms with E-state index in [1.165, 1.54) is 6.92 Å². The number of hydrogen-bond donors (Lipinski definition) is 3. The third kappa shape index (κ3) is 8.37. The van der Waals surface area contributed by atoms with Crippen LogP contribution in [-0.4, -0.2) is 34.2 Å². The van der Waals surface area contributed by atoms with Crippen LogP contribution in [0.2, 0.25) is 0 Å². The van der Waals surface area contributed by atoms with Crippen molar-refractivity contribution in [2.75, 3.05) is 0 Å². The minimum atomic E-state index is -0.846. The first-order valence-electron chi connectivity index (χ1n) is 6.78. The molecule has 0 aromatic heterocycles. The Morgan fingerprint density at radius 1 is 1.42 bits per heavy atom. The number of amides is 1. The maximum atomic E-state index is 10.7. The Labute approximate surface area is 114 Å². The van der Waals surface area contributed by atoms with Gasteiger partial charge in [0.1, 0.15) is 0 Å². The fourth-order valence-corrected chi connectivity index (χ4v) is 1.74. The van der Waals surface area contributed by atoms with Crippen LogP contribution in [0.5, 0.6) is 0 Å². The average Bonchev–Trinajstić information content (AvgIpc) is 2.38. The van der Waals surface area contributed by atoms with Crippen molar-refractivity contribution in [1.29, 1.82) is 0 Å². The first-order valence-corrected chi connectivity index (χ1v) is 6.78. The highest BCUT2D eigenvalue weighted by atomic mass is 16.4. The van der Waals surface area contributed by atoms with Crippen molar-refractivity contribution in [2.45, 2.75) is 65.0 Å². The average molecular weight is 271 g/mol. The summed E-state index contributed by atoms with van der Waals surface area (Å²) in [5, 5.41) is 20.1. The number of rotatable bonds is 4. The van der Waals surface area contributed by atoms with Crippen LogP contribution in [-0.2, 0) is 9.59 Å². The summed E-state index contributed by atoms with van der Waals surface area (Å²) in [5.41, 5.74) is 0.460. The van der Waals surface area contributed by atoms with Crippen LogP contribution in [0.4, 0.5) is 0 Å². The maximum absolute atomic E-state index is 10.7.